The topological polar surface area (TPSA) is 0 Å². The van der Waals surface area contributed by atoms with Crippen molar-refractivity contribution < 1.29 is 4.39 Å². The Kier molecular flexibility index (Phi) is 2.40. The Morgan fingerprint density at radius 3 is 2.17 bits per heavy atom. The fourth-order valence-electron chi connectivity index (χ4n) is 0. The van der Waals surface area contributed by atoms with Gasteiger partial charge >= 0.3 is 0 Å². The van der Waals surface area contributed by atoms with Crippen LogP contribution in [-0.4, -0.2) is 4.83 Å². The molecule has 0 rings (SSSR count). The van der Waals surface area contributed by atoms with E-state index in [9.17, 15) is 4.39 Å². The van der Waals surface area contributed by atoms with E-state index in [1.165, 1.54) is 0 Å². The van der Waals surface area contributed by atoms with Crippen LogP contribution in [0.2, 0.25) is 0 Å². The molecule has 0 spiro atoms. The Morgan fingerprint density at radius 1 is 2.00 bits per heavy atom. The molecule has 0 bridgehead atoms. The van der Waals surface area contributed by atoms with Crippen molar-refractivity contribution in [1.82, 2.24) is 0 Å². The van der Waals surface area contributed by atoms with E-state index in [-0.39, 0.29) is 10.7 Å². The molecule has 0 saturated carbocycles. The van der Waals surface area contributed by atoms with Gasteiger partial charge in [-0.25, -0.2) is 4.39 Å². The van der Waals surface area contributed by atoms with Crippen molar-refractivity contribution >= 4 is 15.9 Å². The van der Waals surface area contributed by atoms with Gasteiger partial charge in [0.05, 0.1) is 4.83 Å². The summed E-state index contributed by atoms with van der Waals surface area (Å²) in [4.78, 5) is -0.197. The first-order valence-electron chi connectivity index (χ1n) is 1.63. The van der Waals surface area contributed by atoms with Crippen molar-refractivity contribution in [1.29, 1.82) is 0 Å². The maximum Gasteiger partial charge on any atom is 0.106 e. The number of hydrogen-bond donors (Lipinski definition) is 0. The fraction of sp³-hybridized carbons (Fsp3) is 0.500. The van der Waals surface area contributed by atoms with E-state index in [4.69, 9.17) is 0 Å². The lowest BCUT2D eigenvalue weighted by atomic mass is 10.5. The van der Waals surface area contributed by atoms with Crippen LogP contribution in [0.1, 0.15) is 6.92 Å². The fourth-order valence-corrected chi connectivity index (χ4v) is 0. The van der Waals surface area contributed by atoms with Gasteiger partial charge in [-0.1, -0.05) is 22.5 Å². The van der Waals surface area contributed by atoms with E-state index < -0.39 is 0 Å². The molecule has 0 saturated heterocycles. The molecule has 1 atom stereocenters. The summed E-state index contributed by atoms with van der Waals surface area (Å²) in [5.74, 6) is -0.324. The number of halogens is 2. The maximum atomic E-state index is 11.6. The SMILES string of the molecule is C=C(F)C(C)Br. The second-order valence-corrected chi connectivity index (χ2v) is 2.44. The number of allylic oxidation sites excluding steroid dienone is 1. The first-order chi connectivity index (χ1) is 2.64. The third kappa shape index (κ3) is 2.39. The lowest BCUT2D eigenvalue weighted by Gasteiger charge is -1.90. The molecule has 0 radical (unpaired) electrons. The van der Waals surface area contributed by atoms with E-state index in [2.05, 4.69) is 22.5 Å². The molecule has 6 heavy (non-hydrogen) atoms. The van der Waals surface area contributed by atoms with Gasteiger partial charge in [-0.2, -0.15) is 0 Å². The van der Waals surface area contributed by atoms with E-state index in [0.29, 0.717) is 0 Å². The van der Waals surface area contributed by atoms with E-state index in [0.717, 1.165) is 0 Å². The van der Waals surface area contributed by atoms with Gasteiger partial charge in [0.2, 0.25) is 0 Å². The smallest absolute Gasteiger partial charge is 0.106 e. The zero-order valence-electron chi connectivity index (χ0n) is 3.54. The average Bonchev–Trinajstić information content (AvgIpc) is 1.36. The van der Waals surface area contributed by atoms with Gasteiger partial charge in [0.15, 0.2) is 0 Å². The van der Waals surface area contributed by atoms with Gasteiger partial charge in [0.1, 0.15) is 5.83 Å². The summed E-state index contributed by atoms with van der Waals surface area (Å²) in [5.41, 5.74) is 0. The zero-order chi connectivity index (χ0) is 5.15. The van der Waals surface area contributed by atoms with Crippen molar-refractivity contribution in [2.24, 2.45) is 0 Å². The highest BCUT2D eigenvalue weighted by Gasteiger charge is 1.95. The van der Waals surface area contributed by atoms with Gasteiger partial charge in [0.25, 0.3) is 0 Å². The van der Waals surface area contributed by atoms with Crippen LogP contribution < -0.4 is 0 Å². The normalized spacial score (nSPS) is 13.8. The summed E-state index contributed by atoms with van der Waals surface area (Å²) in [6.45, 7) is 4.72. The van der Waals surface area contributed by atoms with Crippen LogP contribution in [0.4, 0.5) is 4.39 Å². The highest BCUT2D eigenvalue weighted by atomic mass is 79.9. The van der Waals surface area contributed by atoms with E-state index in [1.54, 1.807) is 6.92 Å². The molecular formula is C4H6BrF. The summed E-state index contributed by atoms with van der Waals surface area (Å²) in [6, 6.07) is 0. The van der Waals surface area contributed by atoms with Crippen LogP contribution in [0, 0.1) is 0 Å². The number of alkyl halides is 1. The third-order valence-corrected chi connectivity index (χ3v) is 0.928. The molecule has 1 unspecified atom stereocenters. The lowest BCUT2D eigenvalue weighted by molar-refractivity contribution is 0.618. The van der Waals surface area contributed by atoms with Crippen molar-refractivity contribution in [3.63, 3.8) is 0 Å². The molecule has 0 heterocycles. The van der Waals surface area contributed by atoms with Gasteiger partial charge in [0, 0.05) is 0 Å². The zero-order valence-corrected chi connectivity index (χ0v) is 5.13. The molecule has 0 aromatic carbocycles. The summed E-state index contributed by atoms with van der Waals surface area (Å²) < 4.78 is 11.6. The highest BCUT2D eigenvalue weighted by molar-refractivity contribution is 9.09. The minimum Gasteiger partial charge on any atom is -0.211 e. The van der Waals surface area contributed by atoms with Gasteiger partial charge in [-0.05, 0) is 6.92 Å². The highest BCUT2D eigenvalue weighted by Crippen LogP contribution is 2.08. The van der Waals surface area contributed by atoms with E-state index in [1.807, 2.05) is 0 Å². The molecule has 0 aliphatic rings. The Labute approximate surface area is 45.2 Å². The predicted octanol–water partition coefficient (Wildman–Crippen LogP) is 2.25. The molecule has 0 aliphatic heterocycles. The Balaban J connectivity index is 3.26. The van der Waals surface area contributed by atoms with Crippen molar-refractivity contribution in [3.8, 4) is 0 Å². The van der Waals surface area contributed by atoms with Crippen molar-refractivity contribution in [2.75, 3.05) is 0 Å². The minimum absolute atomic E-state index is 0.197. The average molecular weight is 153 g/mol. The molecule has 0 amide bonds. The Morgan fingerprint density at radius 2 is 2.17 bits per heavy atom. The van der Waals surface area contributed by atoms with Gasteiger partial charge in [-0.15, -0.1) is 0 Å². The molecule has 0 fully saturated rings. The molecule has 0 N–H and O–H groups in total. The molecule has 0 aromatic heterocycles. The Hall–Kier alpha value is 0.150. The summed E-state index contributed by atoms with van der Waals surface area (Å²) in [5, 5.41) is 0. The second kappa shape index (κ2) is 2.35. The van der Waals surface area contributed by atoms with Crippen LogP contribution in [0.25, 0.3) is 0 Å². The monoisotopic (exact) mass is 152 g/mol. The number of hydrogen-bond acceptors (Lipinski definition) is 0. The second-order valence-electron chi connectivity index (χ2n) is 1.06. The van der Waals surface area contributed by atoms with Gasteiger partial charge < -0.3 is 0 Å². The van der Waals surface area contributed by atoms with Crippen LogP contribution >= 0.6 is 15.9 Å². The van der Waals surface area contributed by atoms with Crippen LogP contribution in [0.15, 0.2) is 12.4 Å². The molecule has 36 valence electrons. The summed E-state index contributed by atoms with van der Waals surface area (Å²) >= 11 is 2.96. The minimum atomic E-state index is -0.324. The molecule has 0 aliphatic carbocycles. The lowest BCUT2D eigenvalue weighted by Crippen LogP contribution is -1.84. The summed E-state index contributed by atoms with van der Waals surface area (Å²) in [7, 11) is 0. The number of rotatable bonds is 1. The molecule has 0 nitrogen and oxygen atoms in total. The largest absolute Gasteiger partial charge is 0.211 e. The molecular weight excluding hydrogens is 147 g/mol. The van der Waals surface area contributed by atoms with Crippen LogP contribution in [0.3, 0.4) is 0 Å². The standard InChI is InChI=1S/C4H6BrF/c1-3(5)4(2)6/h3H,2H2,1H3. The maximum absolute atomic E-state index is 11.6. The predicted molar refractivity (Wildman–Crippen MR) is 28.6 cm³/mol. The van der Waals surface area contributed by atoms with Gasteiger partial charge in [-0.3, -0.25) is 0 Å². The summed E-state index contributed by atoms with van der Waals surface area (Å²) in [6.07, 6.45) is 0. The van der Waals surface area contributed by atoms with Crippen LogP contribution in [0.5, 0.6) is 0 Å². The third-order valence-electron chi connectivity index (χ3n) is 0.432. The first kappa shape index (κ1) is 6.15. The van der Waals surface area contributed by atoms with Crippen molar-refractivity contribution in [2.45, 2.75) is 11.8 Å². The van der Waals surface area contributed by atoms with Crippen LogP contribution in [-0.2, 0) is 0 Å². The van der Waals surface area contributed by atoms with Crippen molar-refractivity contribution in [3.05, 3.63) is 12.4 Å². The first-order valence-corrected chi connectivity index (χ1v) is 2.54. The Bertz CT molecular complexity index is 58.6. The van der Waals surface area contributed by atoms with E-state index >= 15 is 0 Å². The quantitative estimate of drug-likeness (QED) is 0.506. The molecule has 2 heteroatoms. The molecule has 0 aromatic rings.